The second-order valence-corrected chi connectivity index (χ2v) is 8.28. The summed E-state index contributed by atoms with van der Waals surface area (Å²) in [7, 11) is 1.62. The number of ether oxygens (including phenoxy) is 1. The maximum atomic E-state index is 12.3. The van der Waals surface area contributed by atoms with Crippen LogP contribution in [0.15, 0.2) is 70.8 Å². The van der Waals surface area contributed by atoms with Gasteiger partial charge in [-0.15, -0.1) is 0 Å². The number of carbonyl (C=O) groups is 1. The van der Waals surface area contributed by atoms with E-state index in [1.165, 1.54) is 17.3 Å². The second-order valence-electron chi connectivity index (χ2n) is 7.28. The molecule has 0 saturated carbocycles. The Morgan fingerprint density at radius 2 is 1.94 bits per heavy atom. The standard InChI is InChI=1S/C25H23N3O2S/c1-16-8-10-22-20(12-16)17(2)13-25(27-22)31-15-24(29)28-26-14-21-19-7-5-4-6-18(19)9-11-23(21)30-3/h4-14H,15H2,1-3H3,(H,28,29). The number of hydrogen-bond acceptors (Lipinski definition) is 5. The first-order chi connectivity index (χ1) is 15.0. The molecule has 0 saturated heterocycles. The minimum Gasteiger partial charge on any atom is -0.496 e. The van der Waals surface area contributed by atoms with Crippen molar-refractivity contribution in [1.82, 2.24) is 10.4 Å². The molecule has 0 atom stereocenters. The predicted molar refractivity (Wildman–Crippen MR) is 128 cm³/mol. The number of fused-ring (bicyclic) bond motifs is 2. The van der Waals surface area contributed by atoms with Crippen LogP contribution < -0.4 is 10.2 Å². The Labute approximate surface area is 185 Å². The molecule has 0 bridgehead atoms. The van der Waals surface area contributed by atoms with E-state index >= 15 is 0 Å². The molecular formula is C25H23N3O2S. The molecule has 5 nitrogen and oxygen atoms in total. The van der Waals surface area contributed by atoms with Gasteiger partial charge in [0.1, 0.15) is 5.75 Å². The molecule has 1 heterocycles. The molecule has 156 valence electrons. The fourth-order valence-electron chi connectivity index (χ4n) is 3.48. The second kappa shape index (κ2) is 9.18. The average Bonchev–Trinajstić information content (AvgIpc) is 2.78. The van der Waals surface area contributed by atoms with Crippen LogP contribution in [0.3, 0.4) is 0 Å². The van der Waals surface area contributed by atoms with Crippen molar-refractivity contribution in [3.63, 3.8) is 0 Å². The molecule has 0 aliphatic carbocycles. The molecule has 0 fully saturated rings. The zero-order chi connectivity index (χ0) is 21.8. The summed E-state index contributed by atoms with van der Waals surface area (Å²) in [4.78, 5) is 17.0. The fraction of sp³-hybridized carbons (Fsp3) is 0.160. The molecule has 1 aromatic heterocycles. The number of aromatic nitrogens is 1. The molecule has 4 rings (SSSR count). The Bertz CT molecular complexity index is 1300. The predicted octanol–water partition coefficient (Wildman–Crippen LogP) is 5.26. The van der Waals surface area contributed by atoms with E-state index in [9.17, 15) is 4.79 Å². The van der Waals surface area contributed by atoms with Crippen LogP contribution >= 0.6 is 11.8 Å². The van der Waals surface area contributed by atoms with Gasteiger partial charge in [0.15, 0.2) is 0 Å². The minimum absolute atomic E-state index is 0.191. The highest BCUT2D eigenvalue weighted by molar-refractivity contribution is 7.99. The first-order valence-corrected chi connectivity index (χ1v) is 10.9. The first-order valence-electron chi connectivity index (χ1n) is 9.93. The third-order valence-corrected chi connectivity index (χ3v) is 5.94. The van der Waals surface area contributed by atoms with Crippen LogP contribution in [0.25, 0.3) is 21.7 Å². The number of hydrogen-bond donors (Lipinski definition) is 1. The number of nitrogens with zero attached hydrogens (tertiary/aromatic N) is 2. The average molecular weight is 430 g/mol. The number of thioether (sulfide) groups is 1. The van der Waals surface area contributed by atoms with Gasteiger partial charge in [-0.25, -0.2) is 10.4 Å². The summed E-state index contributed by atoms with van der Waals surface area (Å²) in [6, 6.07) is 20.1. The lowest BCUT2D eigenvalue weighted by Crippen LogP contribution is -2.19. The number of carbonyl (C=O) groups excluding carboxylic acids is 1. The van der Waals surface area contributed by atoms with E-state index in [1.54, 1.807) is 13.3 Å². The number of pyridine rings is 1. The summed E-state index contributed by atoms with van der Waals surface area (Å²) < 4.78 is 5.45. The number of benzene rings is 3. The first kappa shape index (κ1) is 20.9. The monoisotopic (exact) mass is 429 g/mol. The van der Waals surface area contributed by atoms with E-state index in [4.69, 9.17) is 4.74 Å². The topological polar surface area (TPSA) is 63.6 Å². The molecule has 0 unspecified atom stereocenters. The zero-order valence-electron chi connectivity index (χ0n) is 17.7. The maximum Gasteiger partial charge on any atom is 0.250 e. The number of methoxy groups -OCH3 is 1. The summed E-state index contributed by atoms with van der Waals surface area (Å²) in [5.74, 6) is 0.745. The lowest BCUT2D eigenvalue weighted by molar-refractivity contribution is -0.118. The summed E-state index contributed by atoms with van der Waals surface area (Å²) in [6.07, 6.45) is 1.63. The quantitative estimate of drug-likeness (QED) is 0.258. The molecule has 3 aromatic carbocycles. The molecule has 4 aromatic rings. The van der Waals surface area contributed by atoms with E-state index in [0.29, 0.717) is 5.75 Å². The number of aryl methyl sites for hydroxylation is 2. The molecule has 0 radical (unpaired) electrons. The Kier molecular flexibility index (Phi) is 6.18. The van der Waals surface area contributed by atoms with E-state index in [0.717, 1.165) is 37.8 Å². The van der Waals surface area contributed by atoms with Crippen molar-refractivity contribution in [2.45, 2.75) is 18.9 Å². The highest BCUT2D eigenvalue weighted by atomic mass is 32.2. The van der Waals surface area contributed by atoms with Crippen LogP contribution in [-0.4, -0.2) is 30.0 Å². The number of hydrazone groups is 1. The van der Waals surface area contributed by atoms with E-state index in [1.807, 2.05) is 54.6 Å². The Morgan fingerprint density at radius 1 is 1.10 bits per heavy atom. The molecule has 1 N–H and O–H groups in total. The van der Waals surface area contributed by atoms with Crippen molar-refractivity contribution in [3.05, 3.63) is 77.4 Å². The van der Waals surface area contributed by atoms with Crippen LogP contribution in [-0.2, 0) is 4.79 Å². The van der Waals surface area contributed by atoms with Gasteiger partial charge in [-0.05, 0) is 54.4 Å². The van der Waals surface area contributed by atoms with Gasteiger partial charge >= 0.3 is 0 Å². The lowest BCUT2D eigenvalue weighted by atomic mass is 10.0. The molecule has 31 heavy (non-hydrogen) atoms. The van der Waals surface area contributed by atoms with Gasteiger partial charge in [0.05, 0.1) is 29.6 Å². The maximum absolute atomic E-state index is 12.3. The van der Waals surface area contributed by atoms with Gasteiger partial charge in [0.25, 0.3) is 0 Å². The van der Waals surface area contributed by atoms with Crippen molar-refractivity contribution in [2.24, 2.45) is 5.10 Å². The third-order valence-electron chi connectivity index (χ3n) is 5.03. The lowest BCUT2D eigenvalue weighted by Gasteiger charge is -2.08. The van der Waals surface area contributed by atoms with Crippen molar-refractivity contribution >= 4 is 45.6 Å². The molecule has 0 aliphatic heterocycles. The van der Waals surface area contributed by atoms with E-state index < -0.39 is 0 Å². The normalized spacial score (nSPS) is 11.3. The molecule has 0 spiro atoms. The number of amides is 1. The summed E-state index contributed by atoms with van der Waals surface area (Å²) in [5, 5.41) is 8.21. The van der Waals surface area contributed by atoms with Crippen LogP contribution in [0.5, 0.6) is 5.75 Å². The largest absolute Gasteiger partial charge is 0.496 e. The van der Waals surface area contributed by atoms with Gasteiger partial charge in [-0.2, -0.15) is 5.10 Å². The summed E-state index contributed by atoms with van der Waals surface area (Å²) in [6.45, 7) is 4.13. The van der Waals surface area contributed by atoms with Gasteiger partial charge in [0.2, 0.25) is 5.91 Å². The highest BCUT2D eigenvalue weighted by Gasteiger charge is 2.08. The van der Waals surface area contributed by atoms with Crippen LogP contribution in [0.1, 0.15) is 16.7 Å². The Hall–Kier alpha value is -3.38. The molecule has 1 amide bonds. The zero-order valence-corrected chi connectivity index (χ0v) is 18.5. The number of nitrogens with one attached hydrogen (secondary N) is 1. The van der Waals surface area contributed by atoms with Crippen molar-refractivity contribution in [2.75, 3.05) is 12.9 Å². The van der Waals surface area contributed by atoms with Crippen molar-refractivity contribution < 1.29 is 9.53 Å². The van der Waals surface area contributed by atoms with E-state index in [-0.39, 0.29) is 11.7 Å². The van der Waals surface area contributed by atoms with Gasteiger partial charge < -0.3 is 4.74 Å². The SMILES string of the molecule is COc1ccc2ccccc2c1C=NNC(=O)CSc1cc(C)c2cc(C)ccc2n1. The van der Waals surface area contributed by atoms with Gasteiger partial charge in [-0.3, -0.25) is 4.79 Å². The van der Waals surface area contributed by atoms with Crippen molar-refractivity contribution in [1.29, 1.82) is 0 Å². The van der Waals surface area contributed by atoms with Crippen molar-refractivity contribution in [3.8, 4) is 5.75 Å². The highest BCUT2D eigenvalue weighted by Crippen LogP contribution is 2.27. The minimum atomic E-state index is -0.191. The third kappa shape index (κ3) is 4.70. The van der Waals surface area contributed by atoms with Gasteiger partial charge in [0, 0.05) is 10.9 Å². The Morgan fingerprint density at radius 3 is 2.77 bits per heavy atom. The van der Waals surface area contributed by atoms with E-state index in [2.05, 4.69) is 35.4 Å². The van der Waals surface area contributed by atoms with Crippen LogP contribution in [0.2, 0.25) is 0 Å². The summed E-state index contributed by atoms with van der Waals surface area (Å²) in [5.41, 5.74) is 6.73. The fourth-order valence-corrected chi connectivity index (χ4v) is 4.25. The van der Waals surface area contributed by atoms with Crippen LogP contribution in [0.4, 0.5) is 0 Å². The van der Waals surface area contributed by atoms with Gasteiger partial charge in [-0.1, -0.05) is 53.7 Å². The smallest absolute Gasteiger partial charge is 0.250 e. The van der Waals surface area contributed by atoms with Crippen LogP contribution in [0, 0.1) is 13.8 Å². The number of rotatable bonds is 6. The summed E-state index contributed by atoms with van der Waals surface area (Å²) >= 11 is 1.40. The molecule has 0 aliphatic rings. The Balaban J connectivity index is 1.43. The molecule has 6 heteroatoms. The molecular weight excluding hydrogens is 406 g/mol.